The molecule has 4 aromatic carbocycles. The Morgan fingerprint density at radius 3 is 2.09 bits per heavy atom. The number of imide groups is 2. The monoisotopic (exact) mass is 576 g/mol. The number of carbonyl (C=O) groups is 3. The summed E-state index contributed by atoms with van der Waals surface area (Å²) in [6, 6.07) is 24.9. The first kappa shape index (κ1) is 29.1. The van der Waals surface area contributed by atoms with Crippen LogP contribution in [0.25, 0.3) is 6.08 Å². The van der Waals surface area contributed by atoms with E-state index in [0.717, 1.165) is 27.2 Å². The Morgan fingerprint density at radius 2 is 1.40 bits per heavy atom. The number of methoxy groups -OCH3 is 1. The fraction of sp³-hybridized carbons (Fsp3) is 0.171. The van der Waals surface area contributed by atoms with Crippen molar-refractivity contribution in [2.24, 2.45) is 0 Å². The maximum Gasteiger partial charge on any atom is 0.335 e. The van der Waals surface area contributed by atoms with Crippen molar-refractivity contribution in [2.75, 3.05) is 12.0 Å². The molecule has 1 saturated heterocycles. The summed E-state index contributed by atoms with van der Waals surface area (Å²) >= 11 is 0. The van der Waals surface area contributed by atoms with Crippen molar-refractivity contribution in [1.29, 1.82) is 0 Å². The van der Waals surface area contributed by atoms with Crippen LogP contribution in [0.3, 0.4) is 0 Å². The molecular weight excluding hydrogens is 544 g/mol. The fourth-order valence-corrected chi connectivity index (χ4v) is 4.53. The zero-order valence-corrected chi connectivity index (χ0v) is 24.5. The molecule has 4 amide bonds. The van der Waals surface area contributed by atoms with E-state index in [9.17, 15) is 14.4 Å². The highest BCUT2D eigenvalue weighted by molar-refractivity contribution is 6.39. The van der Waals surface area contributed by atoms with Crippen LogP contribution in [0.4, 0.5) is 10.5 Å². The maximum absolute atomic E-state index is 13.5. The van der Waals surface area contributed by atoms with E-state index >= 15 is 0 Å². The Bertz CT molecular complexity index is 1710. The number of nitrogens with one attached hydrogen (secondary N) is 1. The number of carbonyl (C=O) groups excluding carboxylic acids is 3. The minimum atomic E-state index is -0.832. The van der Waals surface area contributed by atoms with Gasteiger partial charge in [0.05, 0.1) is 12.8 Å². The number of nitrogens with zero attached hydrogens (tertiary/aromatic N) is 1. The average Bonchev–Trinajstić information content (AvgIpc) is 3.00. The minimum Gasteiger partial charge on any atom is -0.497 e. The summed E-state index contributed by atoms with van der Waals surface area (Å²) in [5.74, 6) is 0.00501. The predicted octanol–water partition coefficient (Wildman–Crippen LogP) is 6.44. The number of rotatable bonds is 9. The van der Waals surface area contributed by atoms with Crippen LogP contribution >= 0.6 is 0 Å². The average molecular weight is 577 g/mol. The van der Waals surface area contributed by atoms with Crippen molar-refractivity contribution in [2.45, 2.75) is 34.0 Å². The van der Waals surface area contributed by atoms with Gasteiger partial charge in [-0.25, -0.2) is 9.69 Å². The molecule has 0 unspecified atom stereocenters. The number of hydrogen-bond acceptors (Lipinski definition) is 6. The van der Waals surface area contributed by atoms with Crippen LogP contribution in [0.2, 0.25) is 0 Å². The normalized spacial score (nSPS) is 14.1. The van der Waals surface area contributed by atoms with E-state index in [1.165, 1.54) is 11.6 Å². The first-order chi connectivity index (χ1) is 20.7. The summed E-state index contributed by atoms with van der Waals surface area (Å²) in [6.45, 7) is 6.74. The first-order valence-electron chi connectivity index (χ1n) is 13.8. The smallest absolute Gasteiger partial charge is 0.335 e. The molecule has 0 radical (unpaired) electrons. The molecule has 1 aliphatic rings. The second kappa shape index (κ2) is 12.7. The topological polar surface area (TPSA) is 94.2 Å². The Morgan fingerprint density at radius 1 is 0.721 bits per heavy atom. The summed E-state index contributed by atoms with van der Waals surface area (Å²) in [5, 5.41) is 2.27. The van der Waals surface area contributed by atoms with Gasteiger partial charge in [-0.1, -0.05) is 48.0 Å². The van der Waals surface area contributed by atoms with E-state index < -0.39 is 17.8 Å². The lowest BCUT2D eigenvalue weighted by molar-refractivity contribution is -0.122. The van der Waals surface area contributed by atoms with Gasteiger partial charge in [-0.2, -0.15) is 0 Å². The number of amides is 4. The summed E-state index contributed by atoms with van der Waals surface area (Å²) < 4.78 is 17.3. The maximum atomic E-state index is 13.5. The Labute approximate surface area is 250 Å². The quantitative estimate of drug-likeness (QED) is 0.182. The van der Waals surface area contributed by atoms with Gasteiger partial charge < -0.3 is 14.2 Å². The van der Waals surface area contributed by atoms with E-state index in [1.807, 2.05) is 63.2 Å². The second-order valence-corrected chi connectivity index (χ2v) is 10.3. The molecule has 8 heteroatoms. The van der Waals surface area contributed by atoms with Crippen molar-refractivity contribution in [3.05, 3.63) is 124 Å². The van der Waals surface area contributed by atoms with Crippen LogP contribution in [-0.2, 0) is 22.8 Å². The summed E-state index contributed by atoms with van der Waals surface area (Å²) in [5.41, 5.74) is 6.05. The van der Waals surface area contributed by atoms with Gasteiger partial charge >= 0.3 is 6.03 Å². The number of benzene rings is 4. The SMILES string of the molecule is COc1ccc(/C=C2\C(=O)NC(=O)N(c3ccc(OCc4ccc(C)cc4)cc3)C2=O)c(OCc2ccc(C)c(C)c2)c1. The van der Waals surface area contributed by atoms with Crippen molar-refractivity contribution < 1.29 is 28.6 Å². The van der Waals surface area contributed by atoms with E-state index in [2.05, 4.69) is 5.32 Å². The van der Waals surface area contributed by atoms with Crippen LogP contribution in [-0.4, -0.2) is 25.0 Å². The standard InChI is InChI=1S/C35H32N2O6/c1-22-5-8-25(9-6-22)20-42-29-15-12-28(13-16-29)37-34(39)31(33(38)36-35(37)40)18-27-11-14-30(41-4)19-32(27)43-21-26-10-7-23(2)24(3)17-26/h5-19H,20-21H2,1-4H3,(H,36,38,40)/b31-18+. The summed E-state index contributed by atoms with van der Waals surface area (Å²) in [6.07, 6.45) is 1.42. The minimum absolute atomic E-state index is 0.208. The third-order valence-corrected chi connectivity index (χ3v) is 7.21. The lowest BCUT2D eigenvalue weighted by Gasteiger charge is -2.26. The van der Waals surface area contributed by atoms with E-state index in [-0.39, 0.29) is 12.2 Å². The summed E-state index contributed by atoms with van der Waals surface area (Å²) in [7, 11) is 1.54. The van der Waals surface area contributed by atoms with Crippen LogP contribution in [0, 0.1) is 20.8 Å². The molecule has 1 fully saturated rings. The number of urea groups is 1. The van der Waals surface area contributed by atoms with Gasteiger partial charge in [0.15, 0.2) is 0 Å². The van der Waals surface area contributed by atoms with Crippen LogP contribution < -0.4 is 24.4 Å². The molecule has 1 aliphatic heterocycles. The van der Waals surface area contributed by atoms with Gasteiger partial charge in [0.25, 0.3) is 11.8 Å². The molecule has 0 atom stereocenters. The molecule has 1 heterocycles. The van der Waals surface area contributed by atoms with Gasteiger partial charge in [0.1, 0.15) is 36.0 Å². The van der Waals surface area contributed by atoms with Crippen LogP contribution in [0.15, 0.2) is 90.5 Å². The number of aryl methyl sites for hydroxylation is 3. The zero-order valence-electron chi connectivity index (χ0n) is 24.5. The molecule has 1 N–H and O–H groups in total. The predicted molar refractivity (Wildman–Crippen MR) is 164 cm³/mol. The Balaban J connectivity index is 1.36. The van der Waals surface area contributed by atoms with Crippen molar-refractivity contribution in [3.63, 3.8) is 0 Å². The van der Waals surface area contributed by atoms with Gasteiger partial charge in [-0.15, -0.1) is 0 Å². The third-order valence-electron chi connectivity index (χ3n) is 7.21. The van der Waals surface area contributed by atoms with E-state index in [1.54, 1.807) is 49.6 Å². The second-order valence-electron chi connectivity index (χ2n) is 10.3. The Kier molecular flexibility index (Phi) is 8.57. The van der Waals surface area contributed by atoms with Gasteiger partial charge in [0.2, 0.25) is 0 Å². The van der Waals surface area contributed by atoms with Crippen LogP contribution in [0.5, 0.6) is 17.2 Å². The number of barbiturate groups is 1. The highest BCUT2D eigenvalue weighted by atomic mass is 16.5. The molecule has 0 aromatic heterocycles. The van der Waals surface area contributed by atoms with Gasteiger partial charge in [-0.3, -0.25) is 14.9 Å². The van der Waals surface area contributed by atoms with Crippen LogP contribution in [0.1, 0.15) is 33.4 Å². The zero-order chi connectivity index (χ0) is 30.5. The molecule has 4 aromatic rings. The molecular formula is C35H32N2O6. The molecule has 43 heavy (non-hydrogen) atoms. The van der Waals surface area contributed by atoms with Gasteiger partial charge in [-0.05, 0) is 85.5 Å². The lowest BCUT2D eigenvalue weighted by Crippen LogP contribution is -2.54. The molecule has 0 spiro atoms. The highest BCUT2D eigenvalue weighted by Gasteiger charge is 2.37. The van der Waals surface area contributed by atoms with Crippen molar-refractivity contribution >= 4 is 29.6 Å². The first-order valence-corrected chi connectivity index (χ1v) is 13.8. The Hall–Kier alpha value is -5.37. The largest absolute Gasteiger partial charge is 0.497 e. The number of hydrogen-bond donors (Lipinski definition) is 1. The van der Waals surface area contributed by atoms with Crippen molar-refractivity contribution in [1.82, 2.24) is 5.32 Å². The third kappa shape index (κ3) is 6.76. The van der Waals surface area contributed by atoms with Crippen molar-refractivity contribution in [3.8, 4) is 17.2 Å². The van der Waals surface area contributed by atoms with Gasteiger partial charge in [0, 0.05) is 11.6 Å². The highest BCUT2D eigenvalue weighted by Crippen LogP contribution is 2.30. The molecule has 218 valence electrons. The lowest BCUT2D eigenvalue weighted by atomic mass is 10.1. The molecule has 5 rings (SSSR count). The molecule has 0 aliphatic carbocycles. The molecule has 0 bridgehead atoms. The van der Waals surface area contributed by atoms with E-state index in [0.29, 0.717) is 35.1 Å². The number of ether oxygens (including phenoxy) is 3. The number of anilines is 1. The molecule has 0 saturated carbocycles. The molecule has 8 nitrogen and oxygen atoms in total. The fourth-order valence-electron chi connectivity index (χ4n) is 4.53. The summed E-state index contributed by atoms with van der Waals surface area (Å²) in [4.78, 5) is 40.1. The van der Waals surface area contributed by atoms with E-state index in [4.69, 9.17) is 14.2 Å².